The van der Waals surface area contributed by atoms with Crippen molar-refractivity contribution in [3.05, 3.63) is 34.3 Å². The average Bonchev–Trinajstić information content (AvgIpc) is 2.38. The zero-order valence-electron chi connectivity index (χ0n) is 12.3. The van der Waals surface area contributed by atoms with Gasteiger partial charge >= 0.3 is 0 Å². The molecule has 1 saturated carbocycles. The van der Waals surface area contributed by atoms with Crippen LogP contribution in [0.3, 0.4) is 0 Å². The van der Waals surface area contributed by atoms with Crippen molar-refractivity contribution >= 4 is 15.9 Å². The summed E-state index contributed by atoms with van der Waals surface area (Å²) in [5, 5.41) is 0. The van der Waals surface area contributed by atoms with Crippen molar-refractivity contribution in [3.8, 4) is 0 Å². The Morgan fingerprint density at radius 2 is 1.58 bits per heavy atom. The van der Waals surface area contributed by atoms with Crippen LogP contribution in [0.15, 0.2) is 28.7 Å². The Balaban J connectivity index is 1.96. The highest BCUT2D eigenvalue weighted by Gasteiger charge is 2.32. The van der Waals surface area contributed by atoms with Crippen molar-refractivity contribution < 1.29 is 0 Å². The first-order valence-corrected chi connectivity index (χ1v) is 8.18. The third-order valence-corrected chi connectivity index (χ3v) is 5.29. The highest BCUT2D eigenvalue weighted by atomic mass is 79.9. The molecule has 1 aromatic rings. The fourth-order valence-electron chi connectivity index (χ4n) is 3.30. The Kier molecular flexibility index (Phi) is 4.73. The molecule has 0 heterocycles. The summed E-state index contributed by atoms with van der Waals surface area (Å²) >= 11 is 3.48. The highest BCUT2D eigenvalue weighted by Crippen LogP contribution is 2.42. The van der Waals surface area contributed by atoms with Gasteiger partial charge in [-0.3, -0.25) is 0 Å². The van der Waals surface area contributed by atoms with E-state index in [1.807, 2.05) is 0 Å². The molecule has 1 atom stereocenters. The molecule has 0 spiro atoms. The zero-order chi connectivity index (χ0) is 14.0. The fraction of sp³-hybridized carbons (Fsp3) is 0.647. The third-order valence-electron chi connectivity index (χ3n) is 4.76. The van der Waals surface area contributed by atoms with Gasteiger partial charge in [0.25, 0.3) is 0 Å². The Morgan fingerprint density at radius 1 is 1.05 bits per heavy atom. The fourth-order valence-corrected chi connectivity index (χ4v) is 3.57. The molecule has 0 bridgehead atoms. The first-order chi connectivity index (χ1) is 8.88. The van der Waals surface area contributed by atoms with Crippen LogP contribution in [0.5, 0.6) is 0 Å². The lowest BCUT2D eigenvalue weighted by Crippen LogP contribution is -2.30. The molecule has 0 aromatic heterocycles. The molecule has 0 amide bonds. The second-order valence-corrected chi connectivity index (χ2v) is 7.97. The predicted octanol–water partition coefficient (Wildman–Crippen LogP) is 5.30. The van der Waals surface area contributed by atoms with E-state index >= 15 is 0 Å². The lowest BCUT2D eigenvalue weighted by atomic mass is 9.68. The van der Waals surface area contributed by atoms with Crippen molar-refractivity contribution in [1.29, 1.82) is 0 Å². The molecule has 1 aromatic carbocycles. The van der Waals surface area contributed by atoms with Gasteiger partial charge in [0, 0.05) is 10.5 Å². The molecule has 0 aliphatic heterocycles. The molecular formula is C17H26BrN. The summed E-state index contributed by atoms with van der Waals surface area (Å²) in [6.07, 6.45) is 5.22. The SMILES string of the molecule is CC(C)(C)C1CCC(C(N)c2ccc(Br)cc2)CC1. The summed E-state index contributed by atoms with van der Waals surface area (Å²) in [6.45, 7) is 7.10. The summed E-state index contributed by atoms with van der Waals surface area (Å²) in [5.41, 5.74) is 8.19. The van der Waals surface area contributed by atoms with Crippen molar-refractivity contribution in [3.63, 3.8) is 0 Å². The van der Waals surface area contributed by atoms with Crippen molar-refractivity contribution in [1.82, 2.24) is 0 Å². The van der Waals surface area contributed by atoms with Crippen LogP contribution >= 0.6 is 15.9 Å². The van der Waals surface area contributed by atoms with E-state index in [0.29, 0.717) is 11.3 Å². The van der Waals surface area contributed by atoms with Gasteiger partial charge in [0.05, 0.1) is 0 Å². The molecule has 1 unspecified atom stereocenters. The van der Waals surface area contributed by atoms with Crippen LogP contribution in [-0.4, -0.2) is 0 Å². The van der Waals surface area contributed by atoms with Crippen LogP contribution in [0.1, 0.15) is 58.1 Å². The quantitative estimate of drug-likeness (QED) is 0.785. The lowest BCUT2D eigenvalue weighted by molar-refractivity contribution is 0.139. The summed E-state index contributed by atoms with van der Waals surface area (Å²) in [6, 6.07) is 8.70. The number of rotatable bonds is 2. The highest BCUT2D eigenvalue weighted by molar-refractivity contribution is 9.10. The largest absolute Gasteiger partial charge is 0.324 e. The van der Waals surface area contributed by atoms with Crippen LogP contribution in [0.4, 0.5) is 0 Å². The monoisotopic (exact) mass is 323 g/mol. The second-order valence-electron chi connectivity index (χ2n) is 7.06. The van der Waals surface area contributed by atoms with E-state index in [-0.39, 0.29) is 6.04 Å². The Labute approximate surface area is 126 Å². The van der Waals surface area contributed by atoms with Crippen molar-refractivity contribution in [2.24, 2.45) is 23.0 Å². The summed E-state index contributed by atoms with van der Waals surface area (Å²) in [7, 11) is 0. The Hall–Kier alpha value is -0.340. The number of hydrogen-bond acceptors (Lipinski definition) is 1. The van der Waals surface area contributed by atoms with Crippen LogP contribution in [0.25, 0.3) is 0 Å². The molecule has 0 radical (unpaired) electrons. The van der Waals surface area contributed by atoms with Gasteiger partial charge in [-0.05, 0) is 60.6 Å². The van der Waals surface area contributed by atoms with Gasteiger partial charge in [0.15, 0.2) is 0 Å². The van der Waals surface area contributed by atoms with E-state index in [1.54, 1.807) is 0 Å². The first kappa shape index (κ1) is 15.1. The van der Waals surface area contributed by atoms with E-state index in [4.69, 9.17) is 5.73 Å². The maximum Gasteiger partial charge on any atom is 0.0323 e. The zero-order valence-corrected chi connectivity index (χ0v) is 13.9. The second kappa shape index (κ2) is 5.97. The normalized spacial score (nSPS) is 26.2. The molecular weight excluding hydrogens is 298 g/mol. The molecule has 2 heteroatoms. The number of hydrogen-bond donors (Lipinski definition) is 1. The molecule has 2 N–H and O–H groups in total. The van der Waals surface area contributed by atoms with Crippen molar-refractivity contribution in [2.45, 2.75) is 52.5 Å². The van der Waals surface area contributed by atoms with E-state index in [2.05, 4.69) is 61.0 Å². The molecule has 0 saturated heterocycles. The Bertz CT molecular complexity index is 396. The Morgan fingerprint density at radius 3 is 2.05 bits per heavy atom. The van der Waals surface area contributed by atoms with Crippen LogP contribution in [0, 0.1) is 17.3 Å². The minimum Gasteiger partial charge on any atom is -0.324 e. The maximum absolute atomic E-state index is 6.46. The van der Waals surface area contributed by atoms with Gasteiger partial charge in [0.1, 0.15) is 0 Å². The number of nitrogens with two attached hydrogens (primary N) is 1. The molecule has 1 aliphatic carbocycles. The maximum atomic E-state index is 6.46. The minimum atomic E-state index is 0.203. The third kappa shape index (κ3) is 3.82. The van der Waals surface area contributed by atoms with Crippen molar-refractivity contribution in [2.75, 3.05) is 0 Å². The van der Waals surface area contributed by atoms with Gasteiger partial charge in [-0.2, -0.15) is 0 Å². The summed E-state index contributed by atoms with van der Waals surface area (Å²) < 4.78 is 1.12. The minimum absolute atomic E-state index is 0.203. The molecule has 1 aliphatic rings. The van der Waals surface area contributed by atoms with Gasteiger partial charge in [0.2, 0.25) is 0 Å². The van der Waals surface area contributed by atoms with Gasteiger partial charge in [-0.1, -0.05) is 48.8 Å². The van der Waals surface area contributed by atoms with E-state index in [9.17, 15) is 0 Å². The molecule has 1 fully saturated rings. The first-order valence-electron chi connectivity index (χ1n) is 7.39. The van der Waals surface area contributed by atoms with Gasteiger partial charge in [-0.15, -0.1) is 0 Å². The molecule has 1 nitrogen and oxygen atoms in total. The average molecular weight is 324 g/mol. The predicted molar refractivity (Wildman–Crippen MR) is 86.0 cm³/mol. The smallest absolute Gasteiger partial charge is 0.0323 e. The lowest BCUT2D eigenvalue weighted by Gasteiger charge is -2.38. The molecule has 19 heavy (non-hydrogen) atoms. The molecule has 2 rings (SSSR count). The van der Waals surface area contributed by atoms with Crippen LogP contribution in [0.2, 0.25) is 0 Å². The topological polar surface area (TPSA) is 26.0 Å². The number of benzene rings is 1. The van der Waals surface area contributed by atoms with Gasteiger partial charge < -0.3 is 5.73 Å². The standard InChI is InChI=1S/C17H26BrN/c1-17(2,3)14-8-4-12(5-9-14)16(19)13-6-10-15(18)11-7-13/h6-7,10-12,14,16H,4-5,8-9,19H2,1-3H3. The summed E-state index contributed by atoms with van der Waals surface area (Å²) in [4.78, 5) is 0. The number of halogens is 1. The van der Waals surface area contributed by atoms with Crippen LogP contribution in [-0.2, 0) is 0 Å². The van der Waals surface area contributed by atoms with Gasteiger partial charge in [-0.25, -0.2) is 0 Å². The summed E-state index contributed by atoms with van der Waals surface area (Å²) in [5.74, 6) is 1.51. The van der Waals surface area contributed by atoms with E-state index in [1.165, 1.54) is 31.2 Å². The van der Waals surface area contributed by atoms with E-state index < -0.39 is 0 Å². The molecule has 106 valence electrons. The van der Waals surface area contributed by atoms with Crippen LogP contribution < -0.4 is 5.73 Å². The van der Waals surface area contributed by atoms with E-state index in [0.717, 1.165) is 10.4 Å².